The van der Waals surface area contributed by atoms with Gasteiger partial charge in [-0.3, -0.25) is 0 Å². The van der Waals surface area contributed by atoms with Crippen molar-refractivity contribution in [2.75, 3.05) is 13.2 Å². The molecule has 17 heavy (non-hydrogen) atoms. The van der Waals surface area contributed by atoms with Gasteiger partial charge in [0.05, 0.1) is 6.10 Å². The van der Waals surface area contributed by atoms with Gasteiger partial charge in [0.15, 0.2) is 0 Å². The summed E-state index contributed by atoms with van der Waals surface area (Å²) in [7, 11) is 0. The average molecular weight is 233 g/mol. The van der Waals surface area contributed by atoms with Crippen molar-refractivity contribution < 1.29 is 4.74 Å². The molecule has 1 fully saturated rings. The Balaban J connectivity index is 2.13. The van der Waals surface area contributed by atoms with Gasteiger partial charge in [0.1, 0.15) is 0 Å². The van der Waals surface area contributed by atoms with Crippen molar-refractivity contribution in [1.82, 2.24) is 0 Å². The van der Waals surface area contributed by atoms with Gasteiger partial charge >= 0.3 is 0 Å². The first-order valence-corrected chi connectivity index (χ1v) is 6.64. The van der Waals surface area contributed by atoms with E-state index in [-0.39, 0.29) is 0 Å². The summed E-state index contributed by atoms with van der Waals surface area (Å²) < 4.78 is 5.76. The van der Waals surface area contributed by atoms with Gasteiger partial charge in [0, 0.05) is 19.1 Å². The molecule has 0 spiro atoms. The Bertz CT molecular complexity index is 338. The zero-order chi connectivity index (χ0) is 12.3. The maximum Gasteiger partial charge on any atom is 0.0656 e. The Kier molecular flexibility index (Phi) is 4.19. The molecule has 1 saturated heterocycles. The molecule has 0 aromatic heterocycles. The quantitative estimate of drug-likeness (QED) is 0.867. The van der Waals surface area contributed by atoms with Gasteiger partial charge < -0.3 is 10.5 Å². The number of benzene rings is 1. The van der Waals surface area contributed by atoms with Crippen molar-refractivity contribution in [1.29, 1.82) is 0 Å². The van der Waals surface area contributed by atoms with Crippen LogP contribution < -0.4 is 5.73 Å². The molecule has 2 unspecified atom stereocenters. The normalized spacial score (nSPS) is 22.0. The summed E-state index contributed by atoms with van der Waals surface area (Å²) in [6.45, 7) is 6.00. The third kappa shape index (κ3) is 2.88. The van der Waals surface area contributed by atoms with E-state index in [1.165, 1.54) is 17.5 Å². The van der Waals surface area contributed by atoms with Crippen LogP contribution in [0.5, 0.6) is 0 Å². The molecule has 1 heterocycles. The Morgan fingerprint density at radius 2 is 1.88 bits per heavy atom. The Morgan fingerprint density at radius 3 is 2.35 bits per heavy atom. The highest BCUT2D eigenvalue weighted by molar-refractivity contribution is 5.28. The van der Waals surface area contributed by atoms with E-state index in [2.05, 4.69) is 38.1 Å². The van der Waals surface area contributed by atoms with Crippen molar-refractivity contribution in [2.24, 2.45) is 5.73 Å². The topological polar surface area (TPSA) is 35.2 Å². The highest BCUT2D eigenvalue weighted by atomic mass is 16.5. The lowest BCUT2D eigenvalue weighted by molar-refractivity contribution is 0.0905. The third-order valence-corrected chi connectivity index (χ3v) is 3.70. The van der Waals surface area contributed by atoms with Gasteiger partial charge in [-0.1, -0.05) is 38.1 Å². The van der Waals surface area contributed by atoms with E-state index in [1.54, 1.807) is 0 Å². The highest BCUT2D eigenvalue weighted by Gasteiger charge is 2.26. The molecule has 1 aliphatic rings. The van der Waals surface area contributed by atoms with Crippen LogP contribution in [0.4, 0.5) is 0 Å². The summed E-state index contributed by atoms with van der Waals surface area (Å²) in [5.74, 6) is 0.946. The molecule has 1 aliphatic heterocycles. The molecule has 0 aliphatic carbocycles. The zero-order valence-electron chi connectivity index (χ0n) is 10.9. The van der Waals surface area contributed by atoms with Gasteiger partial charge in [-0.25, -0.2) is 0 Å². The van der Waals surface area contributed by atoms with Crippen LogP contribution in [-0.2, 0) is 4.74 Å². The van der Waals surface area contributed by atoms with Crippen molar-refractivity contribution in [3.8, 4) is 0 Å². The molecule has 1 aromatic rings. The predicted octanol–water partition coefficient (Wildman–Crippen LogP) is 3.03. The lowest BCUT2D eigenvalue weighted by atomic mass is 9.90. The molecule has 1 aromatic carbocycles. The van der Waals surface area contributed by atoms with Crippen molar-refractivity contribution in [3.05, 3.63) is 35.4 Å². The highest BCUT2D eigenvalue weighted by Crippen LogP contribution is 2.29. The monoisotopic (exact) mass is 233 g/mol. The average Bonchev–Trinajstić information content (AvgIpc) is 2.84. The molecule has 0 radical (unpaired) electrons. The smallest absolute Gasteiger partial charge is 0.0656 e. The Hall–Kier alpha value is -0.860. The minimum Gasteiger partial charge on any atom is -0.378 e. The maximum absolute atomic E-state index is 5.90. The van der Waals surface area contributed by atoms with Gasteiger partial charge in [-0.2, -0.15) is 0 Å². The van der Waals surface area contributed by atoms with Crippen LogP contribution >= 0.6 is 0 Å². The minimum absolute atomic E-state index is 0.324. The lowest BCUT2D eigenvalue weighted by Crippen LogP contribution is -2.25. The molecule has 2 rings (SSSR count). The van der Waals surface area contributed by atoms with E-state index >= 15 is 0 Å². The second-order valence-corrected chi connectivity index (χ2v) is 5.22. The summed E-state index contributed by atoms with van der Waals surface area (Å²) >= 11 is 0. The molecule has 0 bridgehead atoms. The lowest BCUT2D eigenvalue weighted by Gasteiger charge is -2.22. The van der Waals surface area contributed by atoms with Crippen molar-refractivity contribution in [3.63, 3.8) is 0 Å². The fraction of sp³-hybridized carbons (Fsp3) is 0.600. The fourth-order valence-electron chi connectivity index (χ4n) is 2.55. The largest absolute Gasteiger partial charge is 0.378 e. The van der Waals surface area contributed by atoms with Gasteiger partial charge in [0.2, 0.25) is 0 Å². The van der Waals surface area contributed by atoms with Crippen LogP contribution in [0.1, 0.15) is 49.7 Å². The van der Waals surface area contributed by atoms with E-state index in [0.717, 1.165) is 13.0 Å². The molecule has 0 saturated carbocycles. The van der Waals surface area contributed by atoms with E-state index in [0.29, 0.717) is 24.5 Å². The fourth-order valence-corrected chi connectivity index (χ4v) is 2.55. The van der Waals surface area contributed by atoms with Crippen LogP contribution in [0.3, 0.4) is 0 Å². The molecule has 0 amide bonds. The second kappa shape index (κ2) is 5.65. The number of rotatable bonds is 4. The summed E-state index contributed by atoms with van der Waals surface area (Å²) in [6.07, 6.45) is 2.64. The van der Waals surface area contributed by atoms with E-state index in [1.807, 2.05) is 0 Å². The van der Waals surface area contributed by atoms with Gasteiger partial charge in [-0.15, -0.1) is 0 Å². The molecule has 2 atom stereocenters. The minimum atomic E-state index is 0.324. The summed E-state index contributed by atoms with van der Waals surface area (Å²) in [4.78, 5) is 0. The zero-order valence-corrected chi connectivity index (χ0v) is 10.9. The van der Waals surface area contributed by atoms with E-state index in [9.17, 15) is 0 Å². The Labute approximate surface area is 104 Å². The van der Waals surface area contributed by atoms with Crippen LogP contribution in [0.25, 0.3) is 0 Å². The van der Waals surface area contributed by atoms with Crippen LogP contribution in [-0.4, -0.2) is 19.3 Å². The molecule has 2 N–H and O–H groups in total. The number of nitrogens with two attached hydrogens (primary N) is 1. The second-order valence-electron chi connectivity index (χ2n) is 5.22. The molecular formula is C15H23NO. The number of ether oxygens (including phenoxy) is 1. The van der Waals surface area contributed by atoms with Crippen LogP contribution in [0.15, 0.2) is 24.3 Å². The first kappa shape index (κ1) is 12.6. The van der Waals surface area contributed by atoms with E-state index in [4.69, 9.17) is 10.5 Å². The molecule has 94 valence electrons. The first-order valence-electron chi connectivity index (χ1n) is 6.64. The summed E-state index contributed by atoms with van der Waals surface area (Å²) in [5.41, 5.74) is 8.61. The SMILES string of the molecule is CC(C)c1ccc(C(CN)C2CCCO2)cc1. The van der Waals surface area contributed by atoms with Gasteiger partial charge in [0.25, 0.3) is 0 Å². The summed E-state index contributed by atoms with van der Waals surface area (Å²) in [5, 5.41) is 0. The first-order chi connectivity index (χ1) is 8.22. The standard InChI is InChI=1S/C15H23NO/c1-11(2)12-5-7-13(8-6-12)14(10-16)15-4-3-9-17-15/h5-8,11,14-15H,3-4,9-10,16H2,1-2H3. The van der Waals surface area contributed by atoms with E-state index < -0.39 is 0 Å². The number of hydrogen-bond donors (Lipinski definition) is 1. The predicted molar refractivity (Wildman–Crippen MR) is 71.3 cm³/mol. The third-order valence-electron chi connectivity index (χ3n) is 3.70. The van der Waals surface area contributed by atoms with Crippen molar-refractivity contribution in [2.45, 2.75) is 44.6 Å². The number of hydrogen-bond acceptors (Lipinski definition) is 2. The summed E-state index contributed by atoms with van der Waals surface area (Å²) in [6, 6.07) is 8.87. The molecular weight excluding hydrogens is 210 g/mol. The van der Waals surface area contributed by atoms with Gasteiger partial charge in [-0.05, 0) is 29.9 Å². The van der Waals surface area contributed by atoms with Crippen LogP contribution in [0.2, 0.25) is 0 Å². The van der Waals surface area contributed by atoms with Crippen LogP contribution in [0, 0.1) is 0 Å². The molecule has 2 heteroatoms. The Morgan fingerprint density at radius 1 is 1.24 bits per heavy atom. The maximum atomic E-state index is 5.90. The van der Waals surface area contributed by atoms with Crippen molar-refractivity contribution >= 4 is 0 Å². The molecule has 2 nitrogen and oxygen atoms in total.